The van der Waals surface area contributed by atoms with Gasteiger partial charge in [0.1, 0.15) is 6.50 Å². The summed E-state index contributed by atoms with van der Waals surface area (Å²) in [6.07, 6.45) is -14.3. The second kappa shape index (κ2) is 16.7. The number of halogens is 5. The molecular formula is C41H40F5N3O3S. The molecule has 1 aliphatic rings. The topological polar surface area (TPSA) is 54.8 Å². The van der Waals surface area contributed by atoms with Gasteiger partial charge in [0.2, 0.25) is 5.91 Å². The molecule has 1 fully saturated rings. The van der Waals surface area contributed by atoms with Crippen molar-refractivity contribution in [2.75, 3.05) is 33.1 Å². The Kier molecular flexibility index (Phi) is 5.72. The number of carbonyl (C=O) groups excluding carboxylic acids is 1. The molecule has 0 spiro atoms. The van der Waals surface area contributed by atoms with Gasteiger partial charge in [0, 0.05) is 78.2 Å². The van der Waals surface area contributed by atoms with E-state index in [0.29, 0.717) is 24.3 Å². The van der Waals surface area contributed by atoms with Crippen LogP contribution in [0.2, 0.25) is 0 Å². The average Bonchev–Trinajstić information content (AvgIpc) is 3.29. The molecule has 0 N–H and O–H groups in total. The summed E-state index contributed by atoms with van der Waals surface area (Å²) in [4.78, 5) is 28.3. The fourth-order valence-electron chi connectivity index (χ4n) is 4.79. The number of carbonyl (C=O) groups is 1. The molecule has 1 aliphatic heterocycles. The van der Waals surface area contributed by atoms with Crippen molar-refractivity contribution in [3.05, 3.63) is 135 Å². The van der Waals surface area contributed by atoms with Crippen LogP contribution in [0.3, 0.4) is 0 Å². The Bertz CT molecular complexity index is 3200. The van der Waals surface area contributed by atoms with Gasteiger partial charge in [0.25, 0.3) is 0 Å². The van der Waals surface area contributed by atoms with Crippen LogP contribution in [0.5, 0.6) is 0 Å². The lowest BCUT2D eigenvalue weighted by Crippen LogP contribution is -2.48. The smallest absolute Gasteiger partial charge is 0.383 e. The van der Waals surface area contributed by atoms with Gasteiger partial charge in [0.05, 0.1) is 39.1 Å². The number of likely N-dealkylation sites (tertiary alicyclic amines) is 1. The molecule has 2 heterocycles. The van der Waals surface area contributed by atoms with Crippen molar-refractivity contribution in [3.63, 3.8) is 0 Å². The number of nitrogens with zero attached hydrogens (tertiary/aromatic N) is 3. The van der Waals surface area contributed by atoms with E-state index >= 15 is 9.18 Å². The number of pyridine rings is 1. The number of piperidine rings is 1. The monoisotopic (exact) mass is 773 g/mol. The summed E-state index contributed by atoms with van der Waals surface area (Å²) in [6.45, 7) is -23.5. The van der Waals surface area contributed by atoms with E-state index in [2.05, 4.69) is 4.74 Å². The van der Waals surface area contributed by atoms with Crippen LogP contribution in [0, 0.1) is 18.6 Å². The second-order valence-corrected chi connectivity index (χ2v) is 11.7. The molecule has 6 nitrogen and oxygen atoms in total. The summed E-state index contributed by atoms with van der Waals surface area (Å²) in [5.74, 6) is -6.07. The second-order valence-electron chi connectivity index (χ2n) is 10.9. The standard InChI is InChI=1S/C41H40F5N3O3S/c1-27-6-15-36-34(22-27)37(50)23-39(53-26-31-4-3-5-35(42)40(31)43)49(36)25-38(51)48(33-16-18-47(19-17-33)20-21-52-2)24-28-7-9-29(10-8-28)30-11-13-32(14-12-30)41(44,45)46/h3-15,22-23,33H,16-21,24-26H2,1-2H3/i2D3,6D,15D,16D2,17D2,18D2,19D2,20D2,21D2,22D,23D,25D2,26D2,33D. The predicted molar refractivity (Wildman–Crippen MR) is 198 cm³/mol. The van der Waals surface area contributed by atoms with Gasteiger partial charge >= 0.3 is 6.18 Å². The molecule has 53 heavy (non-hydrogen) atoms. The first-order valence-corrected chi connectivity index (χ1v) is 15.8. The van der Waals surface area contributed by atoms with Gasteiger partial charge in [-0.25, -0.2) is 8.78 Å². The minimum atomic E-state index is -4.78. The summed E-state index contributed by atoms with van der Waals surface area (Å²) in [6, 6.07) is 0.275. The molecular weight excluding hydrogens is 710 g/mol. The van der Waals surface area contributed by atoms with Gasteiger partial charge in [-0.1, -0.05) is 60.1 Å². The maximum absolute atomic E-state index is 15.7. The highest BCUT2D eigenvalue weighted by Crippen LogP contribution is 2.32. The third kappa shape index (κ3) is 9.17. The zero-order chi connectivity index (χ0) is 58.9. The number of amides is 1. The van der Waals surface area contributed by atoms with E-state index < -0.39 is 184 Å². The fourth-order valence-corrected chi connectivity index (χ4v) is 5.52. The Morgan fingerprint density at radius 1 is 1.06 bits per heavy atom. The Hall–Kier alpha value is -4.52. The molecule has 278 valence electrons. The number of thioether (sulfide) groups is 1. The number of benzene rings is 4. The van der Waals surface area contributed by atoms with Crippen LogP contribution >= 0.6 is 11.8 Å². The van der Waals surface area contributed by atoms with Crippen LogP contribution in [0.25, 0.3) is 22.0 Å². The summed E-state index contributed by atoms with van der Waals surface area (Å²) < 4.78 is 285. The molecule has 0 atom stereocenters. The normalized spacial score (nSPS) is 26.5. The average molecular weight is 774 g/mol. The van der Waals surface area contributed by atoms with E-state index in [4.69, 9.17) is 23.3 Å². The van der Waals surface area contributed by atoms with Crippen LogP contribution in [-0.2, 0) is 34.5 Å². The third-order valence-electron chi connectivity index (χ3n) is 7.34. The number of alkyl halides is 3. The van der Waals surface area contributed by atoms with Gasteiger partial charge in [-0.15, -0.1) is 11.8 Å². The van der Waals surface area contributed by atoms with E-state index in [0.717, 1.165) is 49.4 Å². The van der Waals surface area contributed by atoms with Gasteiger partial charge in [-0.2, -0.15) is 13.2 Å². The van der Waals surface area contributed by atoms with Gasteiger partial charge in [0.15, 0.2) is 17.1 Å². The molecule has 0 bridgehead atoms. The highest BCUT2D eigenvalue weighted by molar-refractivity contribution is 7.98. The lowest BCUT2D eigenvalue weighted by Gasteiger charge is -2.39. The number of rotatable bonds is 12. The Morgan fingerprint density at radius 3 is 2.43 bits per heavy atom. The SMILES string of the molecule is [2H]c1c(C)c([2H])c2c(=O)c([2H])c(SC([2H])([2H])c3cccc(F)c3F)n(C([2H])([2H])C(=O)N(Cc3ccc(-c4ccc(C(F)(F)F)cc4)cc3)C3([2H])C([2H])([2H])C([2H])([2H])N(C([2H])([2H])C([2H])([2H])OC([2H])([2H])[2H])C([2H])([2H])C3([2H])[2H])c2c1[2H]. The molecule has 4 aromatic carbocycles. The Balaban J connectivity index is 1.71. The van der Waals surface area contributed by atoms with Crippen molar-refractivity contribution >= 4 is 28.6 Å². The Labute approximate surface area is 342 Å². The molecule has 1 amide bonds. The molecule has 1 aromatic heterocycles. The fraction of sp³-hybridized carbons (Fsp3) is 0.317. The molecule has 5 aromatic rings. The number of hydrogen-bond donors (Lipinski definition) is 0. The maximum Gasteiger partial charge on any atom is 0.416 e. The van der Waals surface area contributed by atoms with Crippen LogP contribution in [0.15, 0.2) is 101 Å². The first-order chi connectivity index (χ1) is 34.6. The van der Waals surface area contributed by atoms with Gasteiger partial charge in [-0.3, -0.25) is 9.59 Å². The van der Waals surface area contributed by atoms with Crippen LogP contribution in [0.4, 0.5) is 22.0 Å². The number of hydrogen-bond acceptors (Lipinski definition) is 5. The molecule has 0 saturated carbocycles. The maximum atomic E-state index is 15.7. The van der Waals surface area contributed by atoms with Gasteiger partial charge < -0.3 is 19.1 Å². The van der Waals surface area contributed by atoms with Crippen molar-refractivity contribution < 1.29 is 64.4 Å². The zero-order valence-corrected chi connectivity index (χ0v) is 27.7. The number of aromatic nitrogens is 1. The summed E-state index contributed by atoms with van der Waals surface area (Å²) in [5.41, 5.74) is -9.32. The molecule has 0 radical (unpaired) electrons. The van der Waals surface area contributed by atoms with Gasteiger partial charge in [-0.05, 0) is 66.6 Å². The lowest BCUT2D eigenvalue weighted by atomic mass is 10.00. The Morgan fingerprint density at radius 2 is 1.75 bits per heavy atom. The molecule has 12 heteroatoms. The zero-order valence-electron chi connectivity index (χ0n) is 50.9. The van der Waals surface area contributed by atoms with E-state index in [9.17, 15) is 32.0 Å². The third-order valence-corrected chi connectivity index (χ3v) is 8.14. The van der Waals surface area contributed by atoms with Crippen molar-refractivity contribution in [1.82, 2.24) is 14.4 Å². The van der Waals surface area contributed by atoms with E-state index in [-0.39, 0.29) is 15.7 Å². The molecule has 6 rings (SSSR count). The summed E-state index contributed by atoms with van der Waals surface area (Å²) in [7, 11) is -3.91. The minimum absolute atomic E-state index is 0.0997. The molecule has 1 saturated heterocycles. The van der Waals surface area contributed by atoms with E-state index in [1.165, 1.54) is 0 Å². The first kappa shape index (κ1) is 18.2. The number of ether oxygens (including phenoxy) is 1. The quantitative estimate of drug-likeness (QED) is 0.0939. The predicted octanol–water partition coefficient (Wildman–Crippen LogP) is 8.71. The highest BCUT2D eigenvalue weighted by atomic mass is 32.2. The number of methoxy groups -OCH3 is 1. The van der Waals surface area contributed by atoms with Crippen LogP contribution in [0.1, 0.15) is 67.9 Å². The van der Waals surface area contributed by atoms with Crippen molar-refractivity contribution in [1.29, 1.82) is 0 Å². The number of fused-ring (bicyclic) bond motifs is 1. The lowest BCUT2D eigenvalue weighted by molar-refractivity contribution is -0.137. The van der Waals surface area contributed by atoms with E-state index in [1.54, 1.807) is 0 Å². The largest absolute Gasteiger partial charge is 0.416 e. The highest BCUT2D eigenvalue weighted by Gasteiger charge is 2.31. The summed E-state index contributed by atoms with van der Waals surface area (Å²) in [5, 5.41) is -2.57. The van der Waals surface area contributed by atoms with Crippen molar-refractivity contribution in [2.45, 2.75) is 55.6 Å². The van der Waals surface area contributed by atoms with E-state index in [1.807, 2.05) is 0 Å². The van der Waals surface area contributed by atoms with Crippen LogP contribution in [-0.4, -0.2) is 59.4 Å². The molecule has 0 aliphatic carbocycles. The van der Waals surface area contributed by atoms with Crippen molar-refractivity contribution in [3.8, 4) is 11.1 Å². The van der Waals surface area contributed by atoms with Crippen LogP contribution < -0.4 is 5.43 Å². The summed E-state index contributed by atoms with van der Waals surface area (Å²) >= 11 is -0.494. The minimum Gasteiger partial charge on any atom is -0.383 e. The molecule has 0 unspecified atom stereocenters. The first-order valence-electron chi connectivity index (χ1n) is 27.0. The van der Waals surface area contributed by atoms with Crippen molar-refractivity contribution in [2.24, 2.45) is 0 Å².